The molecule has 1 unspecified atom stereocenters. The zero-order valence-corrected chi connectivity index (χ0v) is 11.6. The number of ether oxygens (including phenoxy) is 1. The van der Waals surface area contributed by atoms with E-state index in [1.807, 2.05) is 0 Å². The third kappa shape index (κ3) is 5.83. The summed E-state index contributed by atoms with van der Waals surface area (Å²) in [6, 6.07) is 0. The Morgan fingerprint density at radius 1 is 1.25 bits per heavy atom. The molecule has 0 aromatic rings. The van der Waals surface area contributed by atoms with Gasteiger partial charge in [-0.2, -0.15) is 0 Å². The number of hydrogen-bond acceptors (Lipinski definition) is 3. The predicted molar refractivity (Wildman–Crippen MR) is 70.7 cm³/mol. The Hall–Kier alpha value is -0.120. The van der Waals surface area contributed by atoms with Crippen LogP contribution in [-0.2, 0) is 4.74 Å². The SMILES string of the molecule is CCCCCCC(C)(CN)N(C)CCOC. The van der Waals surface area contributed by atoms with Crippen molar-refractivity contribution in [2.24, 2.45) is 5.73 Å². The monoisotopic (exact) mass is 230 g/mol. The third-order valence-corrected chi connectivity index (χ3v) is 3.56. The van der Waals surface area contributed by atoms with Crippen molar-refractivity contribution < 1.29 is 4.74 Å². The minimum absolute atomic E-state index is 0.131. The summed E-state index contributed by atoms with van der Waals surface area (Å²) >= 11 is 0. The van der Waals surface area contributed by atoms with Crippen molar-refractivity contribution in [1.29, 1.82) is 0 Å². The highest BCUT2D eigenvalue weighted by Crippen LogP contribution is 2.20. The number of unbranched alkanes of at least 4 members (excludes halogenated alkanes) is 3. The molecule has 0 aromatic carbocycles. The van der Waals surface area contributed by atoms with Crippen molar-refractivity contribution in [1.82, 2.24) is 4.90 Å². The van der Waals surface area contributed by atoms with E-state index in [2.05, 4.69) is 25.8 Å². The van der Waals surface area contributed by atoms with Gasteiger partial charge in [-0.05, 0) is 20.4 Å². The molecule has 0 aromatic heterocycles. The van der Waals surface area contributed by atoms with E-state index >= 15 is 0 Å². The molecule has 0 aliphatic rings. The first kappa shape index (κ1) is 15.9. The highest BCUT2D eigenvalue weighted by Gasteiger charge is 2.26. The van der Waals surface area contributed by atoms with Crippen LogP contribution < -0.4 is 5.73 Å². The van der Waals surface area contributed by atoms with Crippen LogP contribution in [0.1, 0.15) is 46.0 Å². The molecule has 0 fully saturated rings. The smallest absolute Gasteiger partial charge is 0.0589 e. The fourth-order valence-electron chi connectivity index (χ4n) is 1.88. The number of nitrogens with two attached hydrogens (primary N) is 1. The van der Waals surface area contributed by atoms with Crippen molar-refractivity contribution in [3.63, 3.8) is 0 Å². The van der Waals surface area contributed by atoms with E-state index in [0.717, 1.165) is 19.7 Å². The molecule has 16 heavy (non-hydrogen) atoms. The van der Waals surface area contributed by atoms with Crippen LogP contribution in [0.3, 0.4) is 0 Å². The van der Waals surface area contributed by atoms with Gasteiger partial charge in [0, 0.05) is 25.7 Å². The summed E-state index contributed by atoms with van der Waals surface area (Å²) in [5.74, 6) is 0. The van der Waals surface area contributed by atoms with Gasteiger partial charge in [-0.25, -0.2) is 0 Å². The standard InChI is InChI=1S/C13H30N2O/c1-5-6-7-8-9-13(2,12-14)15(3)10-11-16-4/h5-12,14H2,1-4H3. The molecule has 98 valence electrons. The van der Waals surface area contributed by atoms with Crippen LogP contribution in [0.15, 0.2) is 0 Å². The van der Waals surface area contributed by atoms with Crippen LogP contribution in [0.5, 0.6) is 0 Å². The molecule has 0 amide bonds. The topological polar surface area (TPSA) is 38.5 Å². The Kier molecular flexibility index (Phi) is 8.90. The molecule has 0 spiro atoms. The maximum absolute atomic E-state index is 5.91. The second-order valence-corrected chi connectivity index (χ2v) is 4.93. The van der Waals surface area contributed by atoms with Crippen molar-refractivity contribution in [2.75, 3.05) is 33.9 Å². The molecular weight excluding hydrogens is 200 g/mol. The molecule has 2 N–H and O–H groups in total. The molecule has 0 saturated carbocycles. The van der Waals surface area contributed by atoms with Crippen LogP contribution in [0.4, 0.5) is 0 Å². The third-order valence-electron chi connectivity index (χ3n) is 3.56. The lowest BCUT2D eigenvalue weighted by molar-refractivity contribution is 0.0866. The Balaban J connectivity index is 3.97. The van der Waals surface area contributed by atoms with Gasteiger partial charge >= 0.3 is 0 Å². The van der Waals surface area contributed by atoms with Gasteiger partial charge in [0.25, 0.3) is 0 Å². The molecule has 0 radical (unpaired) electrons. The predicted octanol–water partition coefficient (Wildman–Crippen LogP) is 2.25. The second-order valence-electron chi connectivity index (χ2n) is 4.93. The Morgan fingerprint density at radius 3 is 2.44 bits per heavy atom. The molecule has 0 rings (SSSR count). The van der Waals surface area contributed by atoms with E-state index in [1.165, 1.54) is 32.1 Å². The summed E-state index contributed by atoms with van der Waals surface area (Å²) in [7, 11) is 3.89. The minimum atomic E-state index is 0.131. The maximum Gasteiger partial charge on any atom is 0.0589 e. The van der Waals surface area contributed by atoms with Crippen LogP contribution in [-0.4, -0.2) is 44.3 Å². The van der Waals surface area contributed by atoms with Gasteiger partial charge in [-0.15, -0.1) is 0 Å². The van der Waals surface area contributed by atoms with Crippen molar-refractivity contribution in [3.8, 4) is 0 Å². The maximum atomic E-state index is 5.91. The molecule has 1 atom stereocenters. The molecule has 0 heterocycles. The number of hydrogen-bond donors (Lipinski definition) is 1. The minimum Gasteiger partial charge on any atom is -0.383 e. The average molecular weight is 230 g/mol. The fraction of sp³-hybridized carbons (Fsp3) is 1.00. The van der Waals surface area contributed by atoms with Gasteiger partial charge in [0.15, 0.2) is 0 Å². The Labute approximate surface area is 101 Å². The number of likely N-dealkylation sites (N-methyl/N-ethyl adjacent to an activating group) is 1. The summed E-state index contributed by atoms with van der Waals surface area (Å²) in [5, 5.41) is 0. The lowest BCUT2D eigenvalue weighted by atomic mass is 9.92. The lowest BCUT2D eigenvalue weighted by Crippen LogP contribution is -2.50. The first-order valence-corrected chi connectivity index (χ1v) is 6.51. The summed E-state index contributed by atoms with van der Waals surface area (Å²) in [4.78, 5) is 2.34. The molecule has 0 aliphatic carbocycles. The number of nitrogens with zero attached hydrogens (tertiary/aromatic N) is 1. The van der Waals surface area contributed by atoms with Gasteiger partial charge < -0.3 is 10.5 Å². The van der Waals surface area contributed by atoms with E-state index in [1.54, 1.807) is 7.11 Å². The molecule has 0 aliphatic heterocycles. The van der Waals surface area contributed by atoms with Crippen LogP contribution in [0, 0.1) is 0 Å². The normalized spacial score (nSPS) is 15.4. The van der Waals surface area contributed by atoms with Crippen molar-refractivity contribution in [2.45, 2.75) is 51.5 Å². The van der Waals surface area contributed by atoms with Gasteiger partial charge in [0.1, 0.15) is 0 Å². The zero-order valence-electron chi connectivity index (χ0n) is 11.6. The number of methoxy groups -OCH3 is 1. The lowest BCUT2D eigenvalue weighted by Gasteiger charge is -2.38. The Bertz CT molecular complexity index is 164. The van der Waals surface area contributed by atoms with Crippen LogP contribution in [0.25, 0.3) is 0 Å². The van der Waals surface area contributed by atoms with Gasteiger partial charge in [0.2, 0.25) is 0 Å². The zero-order chi connectivity index (χ0) is 12.4. The summed E-state index contributed by atoms with van der Waals surface area (Å²) in [6.07, 6.45) is 6.41. The van der Waals surface area contributed by atoms with Gasteiger partial charge in [-0.1, -0.05) is 32.6 Å². The first-order chi connectivity index (χ1) is 7.60. The van der Waals surface area contributed by atoms with Gasteiger partial charge in [-0.3, -0.25) is 4.90 Å². The van der Waals surface area contributed by atoms with Crippen LogP contribution >= 0.6 is 0 Å². The molecule has 0 bridgehead atoms. The number of rotatable bonds is 10. The molecule has 3 heteroatoms. The quantitative estimate of drug-likeness (QED) is 0.585. The van der Waals surface area contributed by atoms with E-state index in [9.17, 15) is 0 Å². The summed E-state index contributed by atoms with van der Waals surface area (Å²) in [5.41, 5.74) is 6.04. The summed E-state index contributed by atoms with van der Waals surface area (Å²) < 4.78 is 5.11. The largest absolute Gasteiger partial charge is 0.383 e. The molecular formula is C13H30N2O. The van der Waals surface area contributed by atoms with Gasteiger partial charge in [0.05, 0.1) is 6.61 Å². The first-order valence-electron chi connectivity index (χ1n) is 6.51. The van der Waals surface area contributed by atoms with E-state index in [0.29, 0.717) is 0 Å². The average Bonchev–Trinajstić information content (AvgIpc) is 2.31. The fourth-order valence-corrected chi connectivity index (χ4v) is 1.88. The van der Waals surface area contributed by atoms with Crippen LogP contribution in [0.2, 0.25) is 0 Å². The van der Waals surface area contributed by atoms with Crippen molar-refractivity contribution in [3.05, 3.63) is 0 Å². The second kappa shape index (κ2) is 8.97. The summed E-state index contributed by atoms with van der Waals surface area (Å²) in [6.45, 7) is 6.96. The Morgan fingerprint density at radius 2 is 1.94 bits per heavy atom. The molecule has 0 saturated heterocycles. The molecule has 3 nitrogen and oxygen atoms in total. The highest BCUT2D eigenvalue weighted by atomic mass is 16.5. The van der Waals surface area contributed by atoms with Crippen molar-refractivity contribution >= 4 is 0 Å². The highest BCUT2D eigenvalue weighted by molar-refractivity contribution is 4.85. The van der Waals surface area contributed by atoms with E-state index < -0.39 is 0 Å². The van der Waals surface area contributed by atoms with E-state index in [4.69, 9.17) is 10.5 Å². The van der Waals surface area contributed by atoms with E-state index in [-0.39, 0.29) is 5.54 Å².